The van der Waals surface area contributed by atoms with E-state index in [4.69, 9.17) is 0 Å². The predicted octanol–water partition coefficient (Wildman–Crippen LogP) is 1.44. The van der Waals surface area contributed by atoms with Crippen molar-refractivity contribution in [3.63, 3.8) is 0 Å². The largest absolute Gasteiger partial charge is 0.268 e. The summed E-state index contributed by atoms with van der Waals surface area (Å²) in [5, 5.41) is 0. The molecule has 1 aliphatic carbocycles. The van der Waals surface area contributed by atoms with E-state index in [1.165, 1.54) is 0 Å². The highest BCUT2D eigenvalue weighted by molar-refractivity contribution is 7.89. The molecule has 0 atom stereocenters. The molecule has 90 valence electrons. The molecule has 0 N–H and O–H groups in total. The molecule has 0 unspecified atom stereocenters. The number of hydrogen-bond donors (Lipinski definition) is 0. The standard InChI is InChI=1S/C11H17NO3S/c13-11(10-6-3-1-2-4-7-10)12-8-5-9-16(12,14)15/h6H,1-5,7-9H2. The van der Waals surface area contributed by atoms with Gasteiger partial charge in [0.05, 0.1) is 5.75 Å². The van der Waals surface area contributed by atoms with Gasteiger partial charge in [0.2, 0.25) is 10.0 Å². The van der Waals surface area contributed by atoms with E-state index in [2.05, 4.69) is 0 Å². The zero-order chi connectivity index (χ0) is 11.6. The molecule has 0 bridgehead atoms. The van der Waals surface area contributed by atoms with E-state index >= 15 is 0 Å². The Morgan fingerprint density at radius 2 is 2.00 bits per heavy atom. The van der Waals surface area contributed by atoms with Crippen LogP contribution in [0.4, 0.5) is 0 Å². The Hall–Kier alpha value is -0.840. The summed E-state index contributed by atoms with van der Waals surface area (Å²) in [6.07, 6.45) is 7.33. The molecular weight excluding hydrogens is 226 g/mol. The zero-order valence-electron chi connectivity index (χ0n) is 9.31. The quantitative estimate of drug-likeness (QED) is 0.700. The van der Waals surface area contributed by atoms with Crippen LogP contribution in [0.25, 0.3) is 0 Å². The van der Waals surface area contributed by atoms with Gasteiger partial charge in [-0.1, -0.05) is 12.5 Å². The van der Waals surface area contributed by atoms with Crippen molar-refractivity contribution in [2.45, 2.75) is 38.5 Å². The van der Waals surface area contributed by atoms with Crippen LogP contribution >= 0.6 is 0 Å². The average molecular weight is 243 g/mol. The number of allylic oxidation sites excluding steroid dienone is 1. The first kappa shape index (κ1) is 11.6. The van der Waals surface area contributed by atoms with Crippen LogP contribution in [-0.2, 0) is 14.8 Å². The molecule has 0 radical (unpaired) electrons. The third-order valence-corrected chi connectivity index (χ3v) is 4.97. The van der Waals surface area contributed by atoms with E-state index in [1.807, 2.05) is 6.08 Å². The third-order valence-electron chi connectivity index (χ3n) is 3.14. The molecule has 0 aromatic heterocycles. The number of sulfonamides is 1. The summed E-state index contributed by atoms with van der Waals surface area (Å²) in [4.78, 5) is 12.0. The maximum absolute atomic E-state index is 12.0. The first-order valence-corrected chi connectivity index (χ1v) is 7.46. The minimum atomic E-state index is -3.30. The second-order valence-corrected chi connectivity index (χ2v) is 6.39. The molecule has 2 rings (SSSR count). The van der Waals surface area contributed by atoms with Gasteiger partial charge in [0.1, 0.15) is 0 Å². The number of rotatable bonds is 1. The second kappa shape index (κ2) is 4.57. The van der Waals surface area contributed by atoms with Gasteiger partial charge in [0, 0.05) is 12.1 Å². The zero-order valence-corrected chi connectivity index (χ0v) is 10.1. The molecule has 1 saturated heterocycles. The van der Waals surface area contributed by atoms with E-state index < -0.39 is 10.0 Å². The summed E-state index contributed by atoms with van der Waals surface area (Å²) in [6.45, 7) is 0.360. The number of carbonyl (C=O) groups excluding carboxylic acids is 1. The molecule has 4 nitrogen and oxygen atoms in total. The maximum atomic E-state index is 12.0. The van der Waals surface area contributed by atoms with Crippen LogP contribution in [0.5, 0.6) is 0 Å². The van der Waals surface area contributed by atoms with Gasteiger partial charge >= 0.3 is 0 Å². The predicted molar refractivity (Wildman–Crippen MR) is 61.3 cm³/mol. The maximum Gasteiger partial charge on any atom is 0.262 e. The van der Waals surface area contributed by atoms with Crippen molar-refractivity contribution in [2.24, 2.45) is 0 Å². The minimum Gasteiger partial charge on any atom is -0.268 e. The lowest BCUT2D eigenvalue weighted by Crippen LogP contribution is -2.33. The molecule has 1 heterocycles. The third kappa shape index (κ3) is 2.29. The van der Waals surface area contributed by atoms with Crippen LogP contribution in [0.3, 0.4) is 0 Å². The van der Waals surface area contributed by atoms with Crippen LogP contribution in [0, 0.1) is 0 Å². The number of carbonyl (C=O) groups is 1. The van der Waals surface area contributed by atoms with Gasteiger partial charge in [-0.3, -0.25) is 4.79 Å². The molecule has 1 fully saturated rings. The van der Waals surface area contributed by atoms with E-state index in [0.29, 0.717) is 18.5 Å². The molecule has 0 aromatic carbocycles. The Balaban J connectivity index is 2.15. The Morgan fingerprint density at radius 1 is 1.19 bits per heavy atom. The summed E-state index contributed by atoms with van der Waals surface area (Å²) < 4.78 is 24.3. The van der Waals surface area contributed by atoms with Crippen molar-refractivity contribution in [2.75, 3.05) is 12.3 Å². The normalized spacial score (nSPS) is 25.0. The lowest BCUT2D eigenvalue weighted by atomic mass is 10.1. The Kier molecular flexibility index (Phi) is 3.33. The van der Waals surface area contributed by atoms with Crippen molar-refractivity contribution < 1.29 is 13.2 Å². The average Bonchev–Trinajstić information content (AvgIpc) is 2.48. The number of nitrogens with zero attached hydrogens (tertiary/aromatic N) is 1. The van der Waals surface area contributed by atoms with Crippen molar-refractivity contribution in [1.29, 1.82) is 0 Å². The summed E-state index contributed by atoms with van der Waals surface area (Å²) >= 11 is 0. The molecule has 1 aliphatic heterocycles. The fourth-order valence-corrected chi connectivity index (χ4v) is 3.73. The Morgan fingerprint density at radius 3 is 2.69 bits per heavy atom. The van der Waals surface area contributed by atoms with Gasteiger partial charge in [-0.15, -0.1) is 0 Å². The van der Waals surface area contributed by atoms with Crippen LogP contribution in [0.1, 0.15) is 38.5 Å². The molecule has 0 aromatic rings. The van der Waals surface area contributed by atoms with Gasteiger partial charge in [-0.25, -0.2) is 12.7 Å². The molecule has 5 heteroatoms. The summed E-state index contributed by atoms with van der Waals surface area (Å²) in [7, 11) is -3.30. The fraction of sp³-hybridized carbons (Fsp3) is 0.727. The van der Waals surface area contributed by atoms with Gasteiger partial charge in [-0.05, 0) is 32.1 Å². The van der Waals surface area contributed by atoms with Gasteiger partial charge < -0.3 is 0 Å². The van der Waals surface area contributed by atoms with Crippen molar-refractivity contribution >= 4 is 15.9 Å². The van der Waals surface area contributed by atoms with Crippen LogP contribution in [-0.4, -0.2) is 30.9 Å². The fourth-order valence-electron chi connectivity index (χ4n) is 2.24. The molecule has 0 spiro atoms. The highest BCUT2D eigenvalue weighted by Gasteiger charge is 2.33. The first-order valence-electron chi connectivity index (χ1n) is 5.85. The molecular formula is C11H17NO3S. The van der Waals surface area contributed by atoms with E-state index in [9.17, 15) is 13.2 Å². The lowest BCUT2D eigenvalue weighted by molar-refractivity contribution is -0.122. The molecule has 16 heavy (non-hydrogen) atoms. The van der Waals surface area contributed by atoms with Crippen LogP contribution < -0.4 is 0 Å². The Labute approximate surface area is 96.4 Å². The Bertz CT molecular complexity index is 411. The summed E-state index contributed by atoms with van der Waals surface area (Å²) in [6, 6.07) is 0. The first-order chi connectivity index (χ1) is 7.61. The number of amides is 1. The monoisotopic (exact) mass is 243 g/mol. The van der Waals surface area contributed by atoms with Gasteiger partial charge in [0.25, 0.3) is 5.91 Å². The van der Waals surface area contributed by atoms with E-state index in [0.717, 1.165) is 36.4 Å². The van der Waals surface area contributed by atoms with Crippen molar-refractivity contribution in [3.05, 3.63) is 11.6 Å². The van der Waals surface area contributed by atoms with Gasteiger partial charge in [0.15, 0.2) is 0 Å². The lowest BCUT2D eigenvalue weighted by Gasteiger charge is -2.16. The second-order valence-electron chi connectivity index (χ2n) is 4.38. The van der Waals surface area contributed by atoms with Crippen molar-refractivity contribution in [3.8, 4) is 0 Å². The van der Waals surface area contributed by atoms with Crippen molar-refractivity contribution in [1.82, 2.24) is 4.31 Å². The minimum absolute atomic E-state index is 0.117. The van der Waals surface area contributed by atoms with E-state index in [1.54, 1.807) is 0 Å². The summed E-state index contributed by atoms with van der Waals surface area (Å²) in [5.74, 6) is -0.161. The highest BCUT2D eigenvalue weighted by Crippen LogP contribution is 2.23. The van der Waals surface area contributed by atoms with Gasteiger partial charge in [-0.2, -0.15) is 0 Å². The van der Waals surface area contributed by atoms with Crippen LogP contribution in [0.15, 0.2) is 11.6 Å². The smallest absolute Gasteiger partial charge is 0.262 e. The van der Waals surface area contributed by atoms with Crippen LogP contribution in [0.2, 0.25) is 0 Å². The molecule has 2 aliphatic rings. The molecule has 0 saturated carbocycles. The SMILES string of the molecule is O=C(C1=CCCCCC1)N1CCCS1(=O)=O. The highest BCUT2D eigenvalue weighted by atomic mass is 32.2. The summed E-state index contributed by atoms with van der Waals surface area (Å²) in [5.41, 5.74) is 0.697. The molecule has 1 amide bonds. The topological polar surface area (TPSA) is 54.5 Å². The number of hydrogen-bond acceptors (Lipinski definition) is 3. The van der Waals surface area contributed by atoms with E-state index in [-0.39, 0.29) is 11.7 Å².